The molecule has 5 rings (SSSR count). The fourth-order valence-electron chi connectivity index (χ4n) is 5.27. The number of hydrogen-bond donors (Lipinski definition) is 1. The topological polar surface area (TPSA) is 54.3 Å². The van der Waals surface area contributed by atoms with Crippen molar-refractivity contribution in [3.63, 3.8) is 0 Å². The Kier molecular flexibility index (Phi) is 6.80. The van der Waals surface area contributed by atoms with Gasteiger partial charge in [0.25, 0.3) is 5.56 Å². The van der Waals surface area contributed by atoms with Gasteiger partial charge >= 0.3 is 0 Å². The molecule has 1 saturated heterocycles. The van der Waals surface area contributed by atoms with Crippen molar-refractivity contribution in [1.29, 1.82) is 0 Å². The quantitative estimate of drug-likeness (QED) is 0.491. The van der Waals surface area contributed by atoms with Crippen molar-refractivity contribution in [1.82, 2.24) is 9.47 Å². The van der Waals surface area contributed by atoms with E-state index in [-0.39, 0.29) is 17.4 Å². The van der Waals surface area contributed by atoms with Crippen LogP contribution in [0.15, 0.2) is 71.5 Å². The molecule has 1 amide bonds. The van der Waals surface area contributed by atoms with Crippen molar-refractivity contribution in [3.8, 4) is 0 Å². The number of rotatable bonds is 4. The van der Waals surface area contributed by atoms with Gasteiger partial charge in [-0.05, 0) is 49.4 Å². The lowest BCUT2D eigenvalue weighted by atomic mass is 9.83. The van der Waals surface area contributed by atoms with Crippen molar-refractivity contribution >= 4 is 39.9 Å². The summed E-state index contributed by atoms with van der Waals surface area (Å²) in [5.41, 5.74) is 5.12. The van der Waals surface area contributed by atoms with E-state index >= 15 is 0 Å². The van der Waals surface area contributed by atoms with Crippen molar-refractivity contribution in [3.05, 3.63) is 99.5 Å². The van der Waals surface area contributed by atoms with E-state index in [0.717, 1.165) is 58.4 Å². The fourth-order valence-corrected chi connectivity index (χ4v) is 6.67. The second-order valence-corrected chi connectivity index (χ2v) is 11.3. The first-order valence-electron chi connectivity index (χ1n) is 12.0. The van der Waals surface area contributed by atoms with Crippen LogP contribution < -0.4 is 10.9 Å². The van der Waals surface area contributed by atoms with Crippen LogP contribution in [0.5, 0.6) is 0 Å². The van der Waals surface area contributed by atoms with Gasteiger partial charge in [0.05, 0.1) is 0 Å². The SMILES string of the molecule is Cc1ccc(NC(=O)C(SC(=S)N2CC3CC(C2)c2cccc(=O)n2C3)c2ccccc2)c(C)c1. The van der Waals surface area contributed by atoms with Gasteiger partial charge in [-0.15, -0.1) is 0 Å². The molecule has 1 N–H and O–H groups in total. The smallest absolute Gasteiger partial charge is 0.250 e. The van der Waals surface area contributed by atoms with Gasteiger partial charge in [0.2, 0.25) is 5.91 Å². The summed E-state index contributed by atoms with van der Waals surface area (Å²) in [7, 11) is 0. The van der Waals surface area contributed by atoms with Crippen molar-refractivity contribution in [2.45, 2.75) is 38.0 Å². The Morgan fingerprint density at radius 3 is 2.60 bits per heavy atom. The molecule has 0 radical (unpaired) electrons. The van der Waals surface area contributed by atoms with Gasteiger partial charge in [-0.1, -0.05) is 78.1 Å². The molecule has 5 nitrogen and oxygen atoms in total. The summed E-state index contributed by atoms with van der Waals surface area (Å²) in [6, 6.07) is 21.4. The third kappa shape index (κ3) is 5.07. The third-order valence-corrected chi connectivity index (χ3v) is 8.67. The molecular formula is C28H29N3O2S2. The van der Waals surface area contributed by atoms with Crippen molar-refractivity contribution in [2.75, 3.05) is 18.4 Å². The number of anilines is 1. The van der Waals surface area contributed by atoms with Crippen LogP contribution in [0, 0.1) is 19.8 Å². The van der Waals surface area contributed by atoms with E-state index < -0.39 is 5.25 Å². The number of fused-ring (bicyclic) bond motifs is 4. The Bertz CT molecular complexity index is 1320. The van der Waals surface area contributed by atoms with Crippen LogP contribution in [0.3, 0.4) is 0 Å². The molecule has 2 aliphatic heterocycles. The number of thioether (sulfide) groups is 1. The second-order valence-electron chi connectivity index (χ2n) is 9.59. The Labute approximate surface area is 215 Å². The van der Waals surface area contributed by atoms with Crippen molar-refractivity contribution < 1.29 is 4.79 Å². The monoisotopic (exact) mass is 503 g/mol. The van der Waals surface area contributed by atoms with Crippen LogP contribution >= 0.6 is 24.0 Å². The predicted octanol–water partition coefficient (Wildman–Crippen LogP) is 5.28. The number of carbonyl (C=O) groups excluding carboxylic acids is 1. The number of hydrogen-bond acceptors (Lipinski definition) is 4. The number of aryl methyl sites for hydroxylation is 2. The van der Waals surface area contributed by atoms with Crippen LogP contribution in [-0.2, 0) is 11.3 Å². The molecule has 35 heavy (non-hydrogen) atoms. The average molecular weight is 504 g/mol. The minimum absolute atomic E-state index is 0.0785. The van der Waals surface area contributed by atoms with Gasteiger partial charge in [-0.3, -0.25) is 9.59 Å². The zero-order chi connectivity index (χ0) is 24.5. The summed E-state index contributed by atoms with van der Waals surface area (Å²) in [6.07, 6.45) is 1.07. The van der Waals surface area contributed by atoms with E-state index in [2.05, 4.69) is 22.3 Å². The number of thiocarbonyl (C=S) groups is 1. The molecule has 0 spiro atoms. The molecule has 0 aliphatic carbocycles. The van der Waals surface area contributed by atoms with Crippen LogP contribution in [0.2, 0.25) is 0 Å². The molecule has 3 aromatic rings. The zero-order valence-electron chi connectivity index (χ0n) is 19.9. The highest BCUT2D eigenvalue weighted by molar-refractivity contribution is 8.23. The summed E-state index contributed by atoms with van der Waals surface area (Å²) in [5.74, 6) is 0.567. The maximum Gasteiger partial charge on any atom is 0.250 e. The van der Waals surface area contributed by atoms with Gasteiger partial charge in [0, 0.05) is 43.0 Å². The third-order valence-electron chi connectivity index (χ3n) is 6.94. The molecule has 1 aromatic heterocycles. The first-order chi connectivity index (χ1) is 16.9. The molecule has 7 heteroatoms. The Hall–Kier alpha value is -2.90. The molecule has 2 bridgehead atoms. The van der Waals surface area contributed by atoms with E-state index in [0.29, 0.717) is 5.92 Å². The Morgan fingerprint density at radius 1 is 1.03 bits per heavy atom. The van der Waals surface area contributed by atoms with Crippen LogP contribution in [0.4, 0.5) is 5.69 Å². The minimum Gasteiger partial charge on any atom is -0.356 e. The van der Waals surface area contributed by atoms with E-state index in [1.165, 1.54) is 11.8 Å². The molecule has 3 atom stereocenters. The molecule has 180 valence electrons. The predicted molar refractivity (Wildman–Crippen MR) is 147 cm³/mol. The summed E-state index contributed by atoms with van der Waals surface area (Å²) in [6.45, 7) is 6.36. The molecule has 0 saturated carbocycles. The van der Waals surface area contributed by atoms with Crippen LogP contribution in [0.25, 0.3) is 0 Å². The van der Waals surface area contributed by atoms with E-state index in [4.69, 9.17) is 12.2 Å². The number of benzene rings is 2. The molecule has 3 unspecified atom stereocenters. The largest absolute Gasteiger partial charge is 0.356 e. The fraction of sp³-hybridized carbons (Fsp3) is 0.321. The number of piperidine rings is 1. The average Bonchev–Trinajstić information content (AvgIpc) is 2.85. The maximum atomic E-state index is 13.5. The normalized spacial score (nSPS) is 19.5. The number of carbonyl (C=O) groups is 1. The Balaban J connectivity index is 1.36. The van der Waals surface area contributed by atoms with Gasteiger partial charge in [-0.25, -0.2) is 0 Å². The summed E-state index contributed by atoms with van der Waals surface area (Å²) < 4.78 is 2.66. The van der Waals surface area contributed by atoms with Crippen LogP contribution in [-0.4, -0.2) is 32.8 Å². The first kappa shape index (κ1) is 23.8. The summed E-state index contributed by atoms with van der Waals surface area (Å²) in [5, 5.41) is 2.67. The van der Waals surface area contributed by atoms with E-state index in [1.54, 1.807) is 6.07 Å². The van der Waals surface area contributed by atoms with Gasteiger partial charge in [-0.2, -0.15) is 0 Å². The number of likely N-dealkylation sites (tertiary alicyclic amines) is 1. The lowest BCUT2D eigenvalue weighted by Gasteiger charge is -2.43. The second kappa shape index (κ2) is 9.99. The first-order valence-corrected chi connectivity index (χ1v) is 13.3. The van der Waals surface area contributed by atoms with Gasteiger partial charge < -0.3 is 14.8 Å². The maximum absolute atomic E-state index is 13.5. The molecule has 3 heterocycles. The number of amides is 1. The highest BCUT2D eigenvalue weighted by Gasteiger charge is 2.36. The summed E-state index contributed by atoms with van der Waals surface area (Å²) in [4.78, 5) is 28.1. The highest BCUT2D eigenvalue weighted by atomic mass is 32.2. The molecule has 1 fully saturated rings. The van der Waals surface area contributed by atoms with E-state index in [1.807, 2.05) is 66.9 Å². The number of nitrogens with zero attached hydrogens (tertiary/aromatic N) is 2. The van der Waals surface area contributed by atoms with Crippen LogP contribution in [0.1, 0.15) is 40.0 Å². The lowest BCUT2D eigenvalue weighted by Crippen LogP contribution is -2.48. The number of aromatic nitrogens is 1. The van der Waals surface area contributed by atoms with Crippen molar-refractivity contribution in [2.24, 2.45) is 5.92 Å². The zero-order valence-corrected chi connectivity index (χ0v) is 21.6. The van der Waals surface area contributed by atoms with E-state index in [9.17, 15) is 9.59 Å². The molecule has 2 aliphatic rings. The minimum atomic E-state index is -0.457. The lowest BCUT2D eigenvalue weighted by molar-refractivity contribution is -0.115. The Morgan fingerprint density at radius 2 is 1.83 bits per heavy atom. The molecule has 2 aromatic carbocycles. The highest BCUT2D eigenvalue weighted by Crippen LogP contribution is 2.39. The standard InChI is InChI=1S/C28H29N3O2S2/c1-18-11-12-23(19(2)13-18)29-27(33)26(21-7-4-3-5-8-21)35-28(34)30-15-20-14-22(17-30)24-9-6-10-25(32)31(24)16-20/h3-13,20,22,26H,14-17H2,1-2H3,(H,29,33). The molecular weight excluding hydrogens is 474 g/mol. The van der Waals surface area contributed by atoms with Gasteiger partial charge in [0.1, 0.15) is 9.57 Å². The number of nitrogens with one attached hydrogen (secondary N) is 1. The van der Waals surface area contributed by atoms with Gasteiger partial charge in [0.15, 0.2) is 0 Å². The summed E-state index contributed by atoms with van der Waals surface area (Å²) >= 11 is 7.36. The number of pyridine rings is 1.